The maximum atomic E-state index is 13.6. The van der Waals surface area contributed by atoms with Gasteiger partial charge in [-0.3, -0.25) is 9.59 Å². The van der Waals surface area contributed by atoms with Crippen LogP contribution in [-0.2, 0) is 9.59 Å². The van der Waals surface area contributed by atoms with Crippen molar-refractivity contribution in [3.05, 3.63) is 89.0 Å². The Morgan fingerprint density at radius 1 is 1.09 bits per heavy atom. The zero-order valence-corrected chi connectivity index (χ0v) is 18.7. The minimum atomic E-state index is -0.829. The van der Waals surface area contributed by atoms with Crippen LogP contribution in [0.1, 0.15) is 22.9 Å². The first-order valence-corrected chi connectivity index (χ1v) is 10.6. The van der Waals surface area contributed by atoms with Gasteiger partial charge in [0.1, 0.15) is 11.6 Å². The molecule has 0 radical (unpaired) electrons. The Kier molecular flexibility index (Phi) is 6.11. The molecule has 0 saturated carbocycles. The van der Waals surface area contributed by atoms with E-state index in [0.29, 0.717) is 23.4 Å². The van der Waals surface area contributed by atoms with Crippen molar-refractivity contribution in [1.82, 2.24) is 19.6 Å². The molecule has 0 bridgehead atoms. The zero-order valence-electron chi connectivity index (χ0n) is 18.7. The van der Waals surface area contributed by atoms with E-state index in [0.717, 1.165) is 5.69 Å². The first kappa shape index (κ1) is 22.4. The number of aliphatic hydroxyl groups is 1. The molecule has 1 aromatic heterocycles. The van der Waals surface area contributed by atoms with Gasteiger partial charge in [0.25, 0.3) is 11.7 Å². The summed E-state index contributed by atoms with van der Waals surface area (Å²) in [6.45, 7) is 2.58. The van der Waals surface area contributed by atoms with Gasteiger partial charge in [-0.15, -0.1) is 0 Å². The van der Waals surface area contributed by atoms with Crippen LogP contribution in [0.4, 0.5) is 4.39 Å². The molecule has 0 spiro atoms. The second-order valence-electron chi connectivity index (χ2n) is 8.24. The molecule has 2 aromatic carbocycles. The third-order valence-corrected chi connectivity index (χ3v) is 5.78. The third-order valence-electron chi connectivity index (χ3n) is 5.78. The summed E-state index contributed by atoms with van der Waals surface area (Å²) in [7, 11) is 3.73. The Labute approximate surface area is 191 Å². The number of amides is 1. The standard InChI is InChI=1S/C25H25FN4O3/c1-16-20(15-27-30(16)19-7-5-4-6-8-19)23(31)21-22(17-9-11-18(26)12-10-17)29(14-13-28(2)3)25(33)24(21)32/h4-12,15,22,31H,13-14H2,1-3H3/b23-21+/t22-/m0/s1. The van der Waals surface area contributed by atoms with Gasteiger partial charge in [-0.25, -0.2) is 9.07 Å². The van der Waals surface area contributed by atoms with Crippen LogP contribution in [0.3, 0.4) is 0 Å². The fourth-order valence-corrected chi connectivity index (χ4v) is 4.03. The summed E-state index contributed by atoms with van der Waals surface area (Å²) in [4.78, 5) is 29.4. The Balaban J connectivity index is 1.84. The number of benzene rings is 2. The number of aliphatic hydroxyl groups excluding tert-OH is 1. The normalized spacial score (nSPS) is 17.8. The van der Waals surface area contributed by atoms with Crippen molar-refractivity contribution in [2.45, 2.75) is 13.0 Å². The Bertz CT molecular complexity index is 1220. The number of ketones is 1. The summed E-state index contributed by atoms with van der Waals surface area (Å²) >= 11 is 0. The van der Waals surface area contributed by atoms with Gasteiger partial charge in [-0.1, -0.05) is 30.3 Å². The van der Waals surface area contributed by atoms with Crippen LogP contribution in [0.5, 0.6) is 0 Å². The number of likely N-dealkylation sites (tertiary alicyclic amines) is 1. The van der Waals surface area contributed by atoms with Crippen molar-refractivity contribution >= 4 is 17.4 Å². The maximum absolute atomic E-state index is 13.6. The lowest BCUT2D eigenvalue weighted by molar-refractivity contribution is -0.140. The molecule has 1 N–H and O–H groups in total. The molecule has 1 fully saturated rings. The van der Waals surface area contributed by atoms with Crippen LogP contribution in [0.25, 0.3) is 11.4 Å². The van der Waals surface area contributed by atoms with E-state index in [9.17, 15) is 19.1 Å². The molecule has 33 heavy (non-hydrogen) atoms. The number of aromatic nitrogens is 2. The molecule has 7 nitrogen and oxygen atoms in total. The number of rotatable bonds is 6. The van der Waals surface area contributed by atoms with E-state index in [1.807, 2.05) is 49.3 Å². The summed E-state index contributed by atoms with van der Waals surface area (Å²) in [6.07, 6.45) is 1.48. The fourth-order valence-electron chi connectivity index (χ4n) is 4.03. The monoisotopic (exact) mass is 448 g/mol. The minimum Gasteiger partial charge on any atom is -0.507 e. The second-order valence-corrected chi connectivity index (χ2v) is 8.24. The predicted molar refractivity (Wildman–Crippen MR) is 122 cm³/mol. The van der Waals surface area contributed by atoms with Gasteiger partial charge in [-0.05, 0) is 50.8 Å². The van der Waals surface area contributed by atoms with Gasteiger partial charge < -0.3 is 14.9 Å². The summed E-state index contributed by atoms with van der Waals surface area (Å²) in [5.74, 6) is -2.19. The van der Waals surface area contributed by atoms with Crippen molar-refractivity contribution in [1.29, 1.82) is 0 Å². The predicted octanol–water partition coefficient (Wildman–Crippen LogP) is 3.30. The van der Waals surface area contributed by atoms with Gasteiger partial charge in [-0.2, -0.15) is 5.10 Å². The van der Waals surface area contributed by atoms with Crippen molar-refractivity contribution < 1.29 is 19.1 Å². The molecule has 2 heterocycles. The molecule has 0 aliphatic carbocycles. The Morgan fingerprint density at radius 2 is 1.76 bits per heavy atom. The molecule has 170 valence electrons. The Morgan fingerprint density at radius 3 is 2.39 bits per heavy atom. The molecule has 4 rings (SSSR count). The SMILES string of the molecule is Cc1c(/C(O)=C2\C(=O)C(=O)N(CCN(C)C)[C@H]2c2ccc(F)cc2)cnn1-c1ccccc1. The minimum absolute atomic E-state index is 0.0268. The fraction of sp³-hybridized carbons (Fsp3) is 0.240. The lowest BCUT2D eigenvalue weighted by Crippen LogP contribution is -2.35. The quantitative estimate of drug-likeness (QED) is 0.356. The molecule has 1 atom stereocenters. The number of hydrogen-bond acceptors (Lipinski definition) is 5. The number of nitrogens with zero attached hydrogens (tertiary/aromatic N) is 4. The summed E-state index contributed by atoms with van der Waals surface area (Å²) in [5, 5.41) is 15.6. The molecule has 0 unspecified atom stereocenters. The van der Waals surface area contributed by atoms with Crippen LogP contribution >= 0.6 is 0 Å². The average molecular weight is 448 g/mol. The van der Waals surface area contributed by atoms with Crippen LogP contribution in [-0.4, -0.2) is 63.6 Å². The van der Waals surface area contributed by atoms with Crippen molar-refractivity contribution in [3.8, 4) is 5.69 Å². The van der Waals surface area contributed by atoms with Crippen molar-refractivity contribution in [2.75, 3.05) is 27.2 Å². The molecule has 1 aliphatic rings. The maximum Gasteiger partial charge on any atom is 0.295 e. The first-order chi connectivity index (χ1) is 15.8. The lowest BCUT2D eigenvalue weighted by Gasteiger charge is -2.26. The number of carbonyl (C=O) groups excluding carboxylic acids is 2. The van der Waals surface area contributed by atoms with E-state index in [4.69, 9.17) is 0 Å². The van der Waals surface area contributed by atoms with Gasteiger partial charge in [0.15, 0.2) is 0 Å². The largest absolute Gasteiger partial charge is 0.507 e. The topological polar surface area (TPSA) is 78.7 Å². The average Bonchev–Trinajstić information content (AvgIpc) is 3.30. The van der Waals surface area contributed by atoms with Crippen molar-refractivity contribution in [2.24, 2.45) is 0 Å². The summed E-state index contributed by atoms with van der Waals surface area (Å²) in [6, 6.07) is 14.2. The van der Waals surface area contributed by atoms with E-state index in [1.54, 1.807) is 11.6 Å². The molecule has 1 aliphatic heterocycles. The summed E-state index contributed by atoms with van der Waals surface area (Å²) in [5.41, 5.74) is 2.30. The Hall–Kier alpha value is -3.78. The van der Waals surface area contributed by atoms with E-state index < -0.39 is 23.5 Å². The molecule has 3 aromatic rings. The number of halogens is 1. The van der Waals surface area contributed by atoms with Crippen LogP contribution < -0.4 is 0 Å². The smallest absolute Gasteiger partial charge is 0.295 e. The molecule has 1 amide bonds. The first-order valence-electron chi connectivity index (χ1n) is 10.6. The zero-order chi connectivity index (χ0) is 23.7. The second kappa shape index (κ2) is 8.99. The third kappa shape index (κ3) is 4.17. The van der Waals surface area contributed by atoms with E-state index in [2.05, 4.69) is 5.10 Å². The molecular formula is C25H25FN4O3. The number of para-hydroxylation sites is 1. The van der Waals surface area contributed by atoms with Gasteiger partial charge in [0, 0.05) is 13.1 Å². The lowest BCUT2D eigenvalue weighted by atomic mass is 9.95. The number of Topliss-reactive ketones (excluding diaryl/α,β-unsaturated/α-hetero) is 1. The number of likely N-dealkylation sites (N-methyl/N-ethyl adjacent to an activating group) is 1. The van der Waals surface area contributed by atoms with E-state index in [-0.39, 0.29) is 17.9 Å². The summed E-state index contributed by atoms with van der Waals surface area (Å²) < 4.78 is 15.2. The van der Waals surface area contributed by atoms with Crippen LogP contribution in [0, 0.1) is 12.7 Å². The van der Waals surface area contributed by atoms with Crippen LogP contribution in [0.15, 0.2) is 66.4 Å². The van der Waals surface area contributed by atoms with Gasteiger partial charge in [0.05, 0.1) is 34.8 Å². The van der Waals surface area contributed by atoms with Crippen LogP contribution in [0.2, 0.25) is 0 Å². The van der Waals surface area contributed by atoms with Gasteiger partial charge >= 0.3 is 0 Å². The number of carbonyl (C=O) groups is 2. The molecular weight excluding hydrogens is 423 g/mol. The van der Waals surface area contributed by atoms with Crippen molar-refractivity contribution in [3.63, 3.8) is 0 Å². The molecule has 1 saturated heterocycles. The highest BCUT2D eigenvalue weighted by molar-refractivity contribution is 6.46. The van der Waals surface area contributed by atoms with Gasteiger partial charge in [0.2, 0.25) is 0 Å². The van der Waals surface area contributed by atoms with E-state index in [1.165, 1.54) is 35.4 Å². The highest BCUT2D eigenvalue weighted by Crippen LogP contribution is 2.39. The van der Waals surface area contributed by atoms with E-state index >= 15 is 0 Å². The highest BCUT2D eigenvalue weighted by Gasteiger charge is 2.46. The highest BCUT2D eigenvalue weighted by atomic mass is 19.1. The number of hydrogen-bond donors (Lipinski definition) is 1. The molecule has 8 heteroatoms.